The Morgan fingerprint density at radius 1 is 1.09 bits per heavy atom. The SMILES string of the molecule is CC(Nc1cc(F)c(C(=O)NC(Cc2ccc(-c3cn(C)c(=O)n(C)c3=O)c3c2CCCO3)C(=O)O)c(F)c1)C(F)(F)F. The van der Waals surface area contributed by atoms with Crippen molar-refractivity contribution in [3.05, 3.63) is 79.6 Å². The number of nitrogens with one attached hydrogen (secondary N) is 2. The number of carboxylic acids is 1. The van der Waals surface area contributed by atoms with E-state index in [1.54, 1.807) is 6.07 Å². The van der Waals surface area contributed by atoms with E-state index in [1.165, 1.54) is 30.9 Å². The lowest BCUT2D eigenvalue weighted by Crippen LogP contribution is -2.43. The van der Waals surface area contributed by atoms with Crippen LogP contribution in [0.4, 0.5) is 27.6 Å². The van der Waals surface area contributed by atoms with E-state index in [2.05, 4.69) is 5.32 Å². The maximum Gasteiger partial charge on any atom is 0.408 e. The number of anilines is 1. The van der Waals surface area contributed by atoms with Crippen LogP contribution < -0.4 is 26.6 Å². The molecule has 15 heteroatoms. The molecule has 1 aromatic heterocycles. The van der Waals surface area contributed by atoms with Crippen LogP contribution in [-0.4, -0.2) is 51.0 Å². The average molecular weight is 611 g/mol. The molecule has 1 aliphatic rings. The third kappa shape index (κ3) is 6.39. The lowest BCUT2D eigenvalue weighted by Gasteiger charge is -2.25. The standard InChI is InChI=1S/C28H27F5N4O6/c1-13(28(31,32)33)34-15-10-19(29)22(20(30)11-15)24(38)35-21(26(40)41)9-14-6-7-17(23-16(14)5-4-8-43-23)18-12-36(2)27(42)37(3)25(18)39/h6-7,10-13,21,34H,4-5,8-9H2,1-3H3,(H,35,38)(H,40,41). The molecular formula is C28H27F5N4O6. The number of alkyl halides is 3. The number of aliphatic carboxylic acids is 1. The zero-order chi connectivity index (χ0) is 31.8. The quantitative estimate of drug-likeness (QED) is 0.334. The molecule has 2 heterocycles. The molecule has 2 aromatic carbocycles. The van der Waals surface area contributed by atoms with Crippen molar-refractivity contribution in [3.63, 3.8) is 0 Å². The van der Waals surface area contributed by atoms with Gasteiger partial charge in [0.05, 0.1) is 12.2 Å². The van der Waals surface area contributed by atoms with Crippen LogP contribution in [0.1, 0.15) is 34.8 Å². The monoisotopic (exact) mass is 610 g/mol. The summed E-state index contributed by atoms with van der Waals surface area (Å²) in [5, 5.41) is 13.8. The number of rotatable bonds is 8. The minimum Gasteiger partial charge on any atom is -0.493 e. The Bertz CT molecular complexity index is 1690. The number of carbonyl (C=O) groups excluding carboxylic acids is 1. The first-order chi connectivity index (χ1) is 20.1. The fourth-order valence-electron chi connectivity index (χ4n) is 4.78. The van der Waals surface area contributed by atoms with Gasteiger partial charge in [0, 0.05) is 38.0 Å². The second-order valence-corrected chi connectivity index (χ2v) is 10.1. The van der Waals surface area contributed by atoms with Gasteiger partial charge in [-0.25, -0.2) is 18.4 Å². The molecule has 3 aromatic rings. The third-order valence-electron chi connectivity index (χ3n) is 7.08. The summed E-state index contributed by atoms with van der Waals surface area (Å²) in [5.41, 5.74) is -1.29. The normalized spacial score (nSPS) is 14.3. The number of aryl methyl sites for hydroxylation is 1. The van der Waals surface area contributed by atoms with Gasteiger partial charge in [0.2, 0.25) is 0 Å². The smallest absolute Gasteiger partial charge is 0.408 e. The number of amides is 1. The number of hydrogen-bond acceptors (Lipinski definition) is 6. The van der Waals surface area contributed by atoms with Gasteiger partial charge in [-0.15, -0.1) is 0 Å². The van der Waals surface area contributed by atoms with Crippen molar-refractivity contribution < 1.29 is 41.4 Å². The van der Waals surface area contributed by atoms with E-state index >= 15 is 0 Å². The molecule has 0 aliphatic carbocycles. The number of aromatic nitrogens is 2. The van der Waals surface area contributed by atoms with Gasteiger partial charge in [-0.05, 0) is 43.0 Å². The predicted octanol–water partition coefficient (Wildman–Crippen LogP) is 3.14. The first-order valence-electron chi connectivity index (χ1n) is 13.0. The minimum atomic E-state index is -4.70. The van der Waals surface area contributed by atoms with Crippen LogP contribution in [0.25, 0.3) is 11.1 Å². The lowest BCUT2D eigenvalue weighted by molar-refractivity contribution is -0.139. The summed E-state index contributed by atoms with van der Waals surface area (Å²) in [6, 6.07) is 0.267. The molecule has 0 saturated heterocycles. The molecule has 3 N–H and O–H groups in total. The molecule has 43 heavy (non-hydrogen) atoms. The molecule has 0 bridgehead atoms. The van der Waals surface area contributed by atoms with Gasteiger partial charge in [-0.2, -0.15) is 13.2 Å². The number of fused-ring (bicyclic) bond motifs is 1. The average Bonchev–Trinajstić information content (AvgIpc) is 2.92. The van der Waals surface area contributed by atoms with E-state index in [4.69, 9.17) is 4.74 Å². The molecule has 0 saturated carbocycles. The van der Waals surface area contributed by atoms with E-state index in [0.717, 1.165) is 11.5 Å². The van der Waals surface area contributed by atoms with Crippen molar-refractivity contribution in [2.24, 2.45) is 14.1 Å². The lowest BCUT2D eigenvalue weighted by atomic mass is 9.91. The number of nitrogens with zero attached hydrogens (tertiary/aromatic N) is 2. The zero-order valence-electron chi connectivity index (χ0n) is 23.1. The van der Waals surface area contributed by atoms with Crippen LogP contribution in [0.5, 0.6) is 5.75 Å². The molecule has 1 aliphatic heterocycles. The van der Waals surface area contributed by atoms with Crippen LogP contribution in [0.2, 0.25) is 0 Å². The number of benzene rings is 2. The van der Waals surface area contributed by atoms with Crippen molar-refractivity contribution in [3.8, 4) is 16.9 Å². The number of halogens is 5. The Hall–Kier alpha value is -4.69. The van der Waals surface area contributed by atoms with Gasteiger partial charge >= 0.3 is 17.8 Å². The molecule has 4 rings (SSSR count). The fraction of sp³-hybridized carbons (Fsp3) is 0.357. The molecule has 0 fully saturated rings. The van der Waals surface area contributed by atoms with Crippen LogP contribution in [0.3, 0.4) is 0 Å². The first-order valence-corrected chi connectivity index (χ1v) is 13.0. The van der Waals surface area contributed by atoms with E-state index in [-0.39, 0.29) is 12.0 Å². The van der Waals surface area contributed by atoms with Gasteiger partial charge in [0.1, 0.15) is 35.0 Å². The van der Waals surface area contributed by atoms with Crippen LogP contribution in [0, 0.1) is 11.6 Å². The molecule has 2 unspecified atom stereocenters. The summed E-state index contributed by atoms with van der Waals surface area (Å²) in [6.45, 7) is 1.05. The van der Waals surface area contributed by atoms with E-state index < -0.39 is 64.3 Å². The largest absolute Gasteiger partial charge is 0.493 e. The van der Waals surface area contributed by atoms with Crippen molar-refractivity contribution in [1.29, 1.82) is 0 Å². The highest BCUT2D eigenvalue weighted by atomic mass is 19.4. The molecule has 2 atom stereocenters. The number of carbonyl (C=O) groups is 2. The summed E-state index contributed by atoms with van der Waals surface area (Å²) in [7, 11) is 2.81. The number of carboxylic acid groups (broad SMARTS) is 1. The molecule has 1 amide bonds. The number of hydrogen-bond donors (Lipinski definition) is 3. The molecule has 10 nitrogen and oxygen atoms in total. The molecule has 0 spiro atoms. The summed E-state index contributed by atoms with van der Waals surface area (Å²) in [5.74, 6) is -5.62. The molecule has 230 valence electrons. The molecule has 0 radical (unpaired) electrons. The fourth-order valence-corrected chi connectivity index (χ4v) is 4.78. The van der Waals surface area contributed by atoms with Crippen LogP contribution >= 0.6 is 0 Å². The predicted molar refractivity (Wildman–Crippen MR) is 144 cm³/mol. The van der Waals surface area contributed by atoms with Gasteiger partial charge in [-0.1, -0.05) is 12.1 Å². The van der Waals surface area contributed by atoms with E-state index in [0.29, 0.717) is 54.0 Å². The van der Waals surface area contributed by atoms with Crippen molar-refractivity contribution >= 4 is 17.6 Å². The Morgan fingerprint density at radius 2 is 1.74 bits per heavy atom. The van der Waals surface area contributed by atoms with Crippen molar-refractivity contribution in [1.82, 2.24) is 14.5 Å². The van der Waals surface area contributed by atoms with Crippen molar-refractivity contribution in [2.45, 2.75) is 44.4 Å². The Labute approximate surface area is 240 Å². The van der Waals surface area contributed by atoms with Crippen LogP contribution in [-0.2, 0) is 31.7 Å². The highest BCUT2D eigenvalue weighted by Crippen LogP contribution is 2.37. The van der Waals surface area contributed by atoms with Gasteiger partial charge in [0.25, 0.3) is 11.5 Å². The topological polar surface area (TPSA) is 132 Å². The van der Waals surface area contributed by atoms with Crippen LogP contribution in [0.15, 0.2) is 40.1 Å². The summed E-state index contributed by atoms with van der Waals surface area (Å²) in [4.78, 5) is 49.9. The minimum absolute atomic E-state index is 0.172. The Balaban J connectivity index is 1.63. The zero-order valence-corrected chi connectivity index (χ0v) is 23.1. The second-order valence-electron chi connectivity index (χ2n) is 10.1. The maximum absolute atomic E-state index is 14.7. The van der Waals surface area contributed by atoms with Gasteiger partial charge < -0.3 is 25.0 Å². The Morgan fingerprint density at radius 3 is 2.35 bits per heavy atom. The first kappa shape index (κ1) is 31.3. The maximum atomic E-state index is 14.7. The number of ether oxygens (including phenoxy) is 1. The Kier molecular flexibility index (Phi) is 8.64. The highest BCUT2D eigenvalue weighted by molar-refractivity contribution is 5.97. The second kappa shape index (κ2) is 11.9. The van der Waals surface area contributed by atoms with Gasteiger partial charge in [-0.3, -0.25) is 14.2 Å². The van der Waals surface area contributed by atoms with E-state index in [9.17, 15) is 46.2 Å². The highest BCUT2D eigenvalue weighted by Gasteiger charge is 2.36. The summed E-state index contributed by atoms with van der Waals surface area (Å²) < 4.78 is 75.9. The molecular weight excluding hydrogens is 583 g/mol. The third-order valence-corrected chi connectivity index (χ3v) is 7.08. The summed E-state index contributed by atoms with van der Waals surface area (Å²) >= 11 is 0. The summed E-state index contributed by atoms with van der Waals surface area (Å²) in [6.07, 6.45) is -2.67. The van der Waals surface area contributed by atoms with E-state index in [1.807, 2.05) is 5.32 Å². The van der Waals surface area contributed by atoms with Crippen molar-refractivity contribution in [2.75, 3.05) is 11.9 Å². The van der Waals surface area contributed by atoms with Gasteiger partial charge in [0.15, 0.2) is 0 Å².